The van der Waals surface area contributed by atoms with Crippen molar-refractivity contribution in [1.82, 2.24) is 0 Å². The number of furan rings is 1. The molecule has 1 heterocycles. The third kappa shape index (κ3) is 2.31. The molecule has 22 heavy (non-hydrogen) atoms. The Balaban J connectivity index is 2.33. The predicted molar refractivity (Wildman–Crippen MR) is 79.6 cm³/mol. The zero-order valence-electron chi connectivity index (χ0n) is 11.4. The normalized spacial score (nSPS) is 10.7. The van der Waals surface area contributed by atoms with Gasteiger partial charge in [-0.05, 0) is 5.56 Å². The van der Waals surface area contributed by atoms with Gasteiger partial charge in [0.2, 0.25) is 0 Å². The Morgan fingerprint density at radius 2 is 1.86 bits per heavy atom. The number of nitrogens with zero attached hydrogens (tertiary/aromatic N) is 1. The van der Waals surface area contributed by atoms with Crippen molar-refractivity contribution in [2.75, 3.05) is 0 Å². The summed E-state index contributed by atoms with van der Waals surface area (Å²) in [6.07, 6.45) is -0.254. The second-order valence-corrected chi connectivity index (χ2v) is 4.77. The van der Waals surface area contributed by atoms with Gasteiger partial charge in [0.05, 0.1) is 6.42 Å². The molecular weight excluding hydrogens is 286 g/mol. The molecule has 0 amide bonds. The van der Waals surface area contributed by atoms with Crippen LogP contribution in [0.3, 0.4) is 0 Å². The molecule has 1 N–H and O–H groups in total. The molecule has 3 rings (SSSR count). The molecule has 0 fully saturated rings. The fourth-order valence-electron chi connectivity index (χ4n) is 2.48. The second-order valence-electron chi connectivity index (χ2n) is 4.77. The Hall–Kier alpha value is -3.15. The van der Waals surface area contributed by atoms with E-state index in [-0.39, 0.29) is 17.9 Å². The van der Waals surface area contributed by atoms with Crippen molar-refractivity contribution in [2.45, 2.75) is 6.42 Å². The molecule has 2 aromatic carbocycles. The van der Waals surface area contributed by atoms with Crippen LogP contribution < -0.4 is 0 Å². The van der Waals surface area contributed by atoms with Gasteiger partial charge >= 0.3 is 11.9 Å². The lowest BCUT2D eigenvalue weighted by Gasteiger charge is -1.99. The van der Waals surface area contributed by atoms with Crippen LogP contribution in [-0.2, 0) is 11.2 Å². The summed E-state index contributed by atoms with van der Waals surface area (Å²) in [7, 11) is 0. The highest BCUT2D eigenvalue weighted by Gasteiger charge is 2.26. The summed E-state index contributed by atoms with van der Waals surface area (Å²) in [4.78, 5) is 21.6. The molecule has 6 heteroatoms. The van der Waals surface area contributed by atoms with Crippen LogP contribution in [0.5, 0.6) is 0 Å². The maximum absolute atomic E-state index is 11.3. The van der Waals surface area contributed by atoms with E-state index in [2.05, 4.69) is 0 Å². The smallest absolute Gasteiger partial charge is 0.442 e. The number of fused-ring (bicyclic) bond motifs is 1. The molecule has 0 bridgehead atoms. The number of aliphatic carboxylic acids is 1. The fraction of sp³-hybridized carbons (Fsp3) is 0.0625. The number of hydrogen-bond acceptors (Lipinski definition) is 4. The maximum atomic E-state index is 11.3. The first-order chi connectivity index (χ1) is 10.6. The zero-order chi connectivity index (χ0) is 15.7. The van der Waals surface area contributed by atoms with E-state index >= 15 is 0 Å². The zero-order valence-corrected chi connectivity index (χ0v) is 11.4. The lowest BCUT2D eigenvalue weighted by atomic mass is 10.0. The number of rotatable bonds is 4. The Morgan fingerprint density at radius 3 is 2.50 bits per heavy atom. The van der Waals surface area contributed by atoms with Crippen molar-refractivity contribution in [3.63, 3.8) is 0 Å². The molecule has 0 atom stereocenters. The van der Waals surface area contributed by atoms with Gasteiger partial charge in [-0.3, -0.25) is 14.9 Å². The molecule has 0 aliphatic rings. The Kier molecular flexibility index (Phi) is 3.34. The van der Waals surface area contributed by atoms with Crippen molar-refractivity contribution in [2.24, 2.45) is 0 Å². The predicted octanol–water partition coefficient (Wildman–Crippen LogP) is 3.64. The standard InChI is InChI=1S/C16H11NO5/c18-13(19)9-11-7-4-8-12-14(10-5-2-1-3-6-10)16(17(20)21)22-15(11)12/h1-8H,9H2,(H,18,19). The highest BCUT2D eigenvalue weighted by Crippen LogP contribution is 2.40. The largest absolute Gasteiger partial charge is 0.481 e. The number of nitro groups is 1. The molecule has 1 aromatic heterocycles. The topological polar surface area (TPSA) is 93.6 Å². The highest BCUT2D eigenvalue weighted by atomic mass is 16.6. The molecule has 0 aliphatic carbocycles. The fourth-order valence-corrected chi connectivity index (χ4v) is 2.48. The third-order valence-electron chi connectivity index (χ3n) is 3.35. The minimum atomic E-state index is -1.02. The third-order valence-corrected chi connectivity index (χ3v) is 3.35. The van der Waals surface area contributed by atoms with Gasteiger partial charge in [0.25, 0.3) is 0 Å². The van der Waals surface area contributed by atoms with Crippen LogP contribution in [0.1, 0.15) is 5.56 Å². The molecule has 0 saturated heterocycles. The number of para-hydroxylation sites is 1. The van der Waals surface area contributed by atoms with E-state index in [1.54, 1.807) is 42.5 Å². The average molecular weight is 297 g/mol. The molecular formula is C16H11NO5. The lowest BCUT2D eigenvalue weighted by Crippen LogP contribution is -1.99. The molecule has 0 aliphatic heterocycles. The summed E-state index contributed by atoms with van der Waals surface area (Å²) >= 11 is 0. The summed E-state index contributed by atoms with van der Waals surface area (Å²) in [5.41, 5.74) is 1.68. The number of hydrogen-bond donors (Lipinski definition) is 1. The lowest BCUT2D eigenvalue weighted by molar-refractivity contribution is -0.400. The van der Waals surface area contributed by atoms with Gasteiger partial charge in [0.1, 0.15) is 16.1 Å². The molecule has 0 radical (unpaired) electrons. The Labute approximate surface area is 124 Å². The SMILES string of the molecule is O=C(O)Cc1cccc2c(-c3ccccc3)c([N+](=O)[O-])oc12. The average Bonchev–Trinajstić information content (AvgIpc) is 2.88. The van der Waals surface area contributed by atoms with Crippen molar-refractivity contribution in [3.05, 3.63) is 64.2 Å². The van der Waals surface area contributed by atoms with Crippen molar-refractivity contribution < 1.29 is 19.2 Å². The van der Waals surface area contributed by atoms with Crippen LogP contribution in [-0.4, -0.2) is 16.0 Å². The van der Waals surface area contributed by atoms with Crippen molar-refractivity contribution in [1.29, 1.82) is 0 Å². The molecule has 110 valence electrons. The first-order valence-corrected chi connectivity index (χ1v) is 6.54. The Bertz CT molecular complexity index is 867. The van der Waals surface area contributed by atoms with Gasteiger partial charge in [-0.2, -0.15) is 0 Å². The number of carbonyl (C=O) groups is 1. The minimum absolute atomic E-state index is 0.246. The van der Waals surface area contributed by atoms with Gasteiger partial charge in [0, 0.05) is 10.9 Å². The van der Waals surface area contributed by atoms with Crippen LogP contribution in [0.4, 0.5) is 5.88 Å². The van der Waals surface area contributed by atoms with Crippen LogP contribution in [0.15, 0.2) is 52.9 Å². The van der Waals surface area contributed by atoms with Gasteiger partial charge in [0.15, 0.2) is 0 Å². The van der Waals surface area contributed by atoms with Crippen LogP contribution in [0.25, 0.3) is 22.1 Å². The monoisotopic (exact) mass is 297 g/mol. The van der Waals surface area contributed by atoms with E-state index in [0.717, 1.165) is 0 Å². The summed E-state index contributed by atoms with van der Waals surface area (Å²) in [5.74, 6) is -1.40. The highest BCUT2D eigenvalue weighted by molar-refractivity contribution is 6.00. The van der Waals surface area contributed by atoms with E-state index < -0.39 is 10.9 Å². The van der Waals surface area contributed by atoms with Crippen molar-refractivity contribution in [3.8, 4) is 11.1 Å². The first-order valence-electron chi connectivity index (χ1n) is 6.54. The quantitative estimate of drug-likeness (QED) is 0.586. The number of benzene rings is 2. The van der Waals surface area contributed by atoms with Gasteiger partial charge in [-0.15, -0.1) is 0 Å². The van der Waals surface area contributed by atoms with Gasteiger partial charge in [-0.25, -0.2) is 0 Å². The summed E-state index contributed by atoms with van der Waals surface area (Å²) in [5, 5.41) is 20.8. The van der Waals surface area contributed by atoms with Crippen LogP contribution in [0, 0.1) is 10.1 Å². The van der Waals surface area contributed by atoms with E-state index in [1.807, 2.05) is 6.07 Å². The van der Waals surface area contributed by atoms with Crippen LogP contribution in [0.2, 0.25) is 0 Å². The van der Waals surface area contributed by atoms with E-state index in [9.17, 15) is 14.9 Å². The molecule has 0 saturated carbocycles. The first kappa shape index (κ1) is 13.8. The maximum Gasteiger partial charge on any atom is 0.442 e. The minimum Gasteiger partial charge on any atom is -0.481 e. The molecule has 6 nitrogen and oxygen atoms in total. The van der Waals surface area contributed by atoms with Gasteiger partial charge < -0.3 is 9.52 Å². The van der Waals surface area contributed by atoms with E-state index in [4.69, 9.17) is 9.52 Å². The summed E-state index contributed by atoms with van der Waals surface area (Å²) < 4.78 is 5.38. The summed E-state index contributed by atoms with van der Waals surface area (Å²) in [6, 6.07) is 13.8. The second kappa shape index (κ2) is 5.33. The summed E-state index contributed by atoms with van der Waals surface area (Å²) in [6.45, 7) is 0. The molecule has 0 spiro atoms. The van der Waals surface area contributed by atoms with Crippen LogP contribution >= 0.6 is 0 Å². The molecule has 3 aromatic rings. The van der Waals surface area contributed by atoms with Crippen molar-refractivity contribution >= 4 is 22.8 Å². The van der Waals surface area contributed by atoms with E-state index in [1.165, 1.54) is 0 Å². The van der Waals surface area contributed by atoms with Gasteiger partial charge in [-0.1, -0.05) is 48.5 Å². The number of carboxylic acids is 1. The van der Waals surface area contributed by atoms with E-state index in [0.29, 0.717) is 22.1 Å². The Morgan fingerprint density at radius 1 is 1.14 bits per heavy atom. The number of carboxylic acid groups (broad SMARTS) is 1. The molecule has 0 unspecified atom stereocenters.